The number of likely N-dealkylation sites (N-methyl/N-ethyl adjacent to an activating group) is 1. The lowest BCUT2D eigenvalue weighted by Gasteiger charge is -2.42. The zero-order chi connectivity index (χ0) is 11.8. The molecule has 1 aromatic rings. The molecule has 0 amide bonds. The zero-order valence-electron chi connectivity index (χ0n) is 9.81. The number of morpholine rings is 1. The van der Waals surface area contributed by atoms with E-state index < -0.39 is 5.79 Å². The second-order valence-corrected chi connectivity index (χ2v) is 5.07. The molecule has 1 aromatic carbocycles. The molecule has 1 fully saturated rings. The van der Waals surface area contributed by atoms with Crippen LogP contribution in [-0.4, -0.2) is 43.4 Å². The third-order valence-electron chi connectivity index (χ3n) is 3.04. The van der Waals surface area contributed by atoms with Crippen LogP contribution in [0.4, 0.5) is 5.69 Å². The summed E-state index contributed by atoms with van der Waals surface area (Å²) in [5.41, 5.74) is 7.09. The van der Waals surface area contributed by atoms with Gasteiger partial charge in [0.25, 0.3) is 0 Å². The van der Waals surface area contributed by atoms with Crippen molar-refractivity contribution in [1.29, 1.82) is 0 Å². The molecular formula is C12H19N2O2+. The summed E-state index contributed by atoms with van der Waals surface area (Å²) in [6.45, 7) is 2.03. The molecular weight excluding hydrogens is 204 g/mol. The number of quaternary nitrogens is 1. The fraction of sp³-hybridized carbons (Fsp3) is 0.500. The highest BCUT2D eigenvalue weighted by atomic mass is 16.6. The van der Waals surface area contributed by atoms with E-state index in [1.807, 2.05) is 12.1 Å². The summed E-state index contributed by atoms with van der Waals surface area (Å²) in [7, 11) is 4.18. The Balaban J connectivity index is 2.27. The minimum absolute atomic E-state index is 0.552. The zero-order valence-corrected chi connectivity index (χ0v) is 9.81. The number of hydrogen-bond acceptors (Lipinski definition) is 3. The van der Waals surface area contributed by atoms with Crippen molar-refractivity contribution in [3.8, 4) is 0 Å². The van der Waals surface area contributed by atoms with Crippen LogP contribution in [0.2, 0.25) is 0 Å². The van der Waals surface area contributed by atoms with E-state index in [2.05, 4.69) is 14.1 Å². The number of ether oxygens (including phenoxy) is 1. The maximum Gasteiger partial charge on any atom is 0.243 e. The second kappa shape index (κ2) is 3.73. The van der Waals surface area contributed by atoms with Crippen molar-refractivity contribution in [2.75, 3.05) is 39.5 Å². The summed E-state index contributed by atoms with van der Waals surface area (Å²) in [5.74, 6) is -1.19. The van der Waals surface area contributed by atoms with Gasteiger partial charge < -0.3 is 20.1 Å². The summed E-state index contributed by atoms with van der Waals surface area (Å²) >= 11 is 0. The van der Waals surface area contributed by atoms with Crippen LogP contribution >= 0.6 is 0 Å². The molecule has 0 aliphatic carbocycles. The van der Waals surface area contributed by atoms with E-state index in [9.17, 15) is 5.11 Å². The molecule has 1 unspecified atom stereocenters. The molecule has 16 heavy (non-hydrogen) atoms. The van der Waals surface area contributed by atoms with Gasteiger partial charge >= 0.3 is 0 Å². The molecule has 0 saturated carbocycles. The normalized spacial score (nSPS) is 28.9. The lowest BCUT2D eigenvalue weighted by atomic mass is 10.0. The first-order valence-corrected chi connectivity index (χ1v) is 5.46. The van der Waals surface area contributed by atoms with E-state index in [0.29, 0.717) is 18.8 Å². The van der Waals surface area contributed by atoms with Gasteiger partial charge in [0.15, 0.2) is 0 Å². The van der Waals surface area contributed by atoms with Crippen molar-refractivity contribution in [3.63, 3.8) is 0 Å². The van der Waals surface area contributed by atoms with E-state index in [1.54, 1.807) is 12.1 Å². The second-order valence-electron chi connectivity index (χ2n) is 5.07. The largest absolute Gasteiger partial charge is 0.399 e. The number of anilines is 1. The molecule has 1 saturated heterocycles. The summed E-state index contributed by atoms with van der Waals surface area (Å²) in [5, 5.41) is 10.5. The van der Waals surface area contributed by atoms with Crippen LogP contribution in [0.15, 0.2) is 24.3 Å². The summed E-state index contributed by atoms with van der Waals surface area (Å²) in [6, 6.07) is 7.21. The lowest BCUT2D eigenvalue weighted by molar-refractivity contribution is -0.912. The fourth-order valence-electron chi connectivity index (χ4n) is 2.08. The van der Waals surface area contributed by atoms with Gasteiger partial charge in [0.2, 0.25) is 5.79 Å². The summed E-state index contributed by atoms with van der Waals surface area (Å²) < 4.78 is 6.28. The van der Waals surface area contributed by atoms with Crippen LogP contribution in [0.5, 0.6) is 0 Å². The molecule has 0 aromatic heterocycles. The van der Waals surface area contributed by atoms with Gasteiger partial charge in [0.1, 0.15) is 13.1 Å². The number of hydrogen-bond donors (Lipinski definition) is 2. The minimum atomic E-state index is -1.19. The standard InChI is InChI=1S/C12H19N2O2/c1-14(2)7-8-16-12(15,9-14)10-3-5-11(13)6-4-10/h3-6,15H,7-9,13H2,1-2H3/q+1. The summed E-state index contributed by atoms with van der Waals surface area (Å²) in [4.78, 5) is 0. The fourth-order valence-corrected chi connectivity index (χ4v) is 2.08. The first-order valence-electron chi connectivity index (χ1n) is 5.46. The number of nitrogens with two attached hydrogens (primary N) is 1. The molecule has 3 N–H and O–H groups in total. The number of nitrogen functional groups attached to an aromatic ring is 1. The van der Waals surface area contributed by atoms with Gasteiger partial charge in [-0.15, -0.1) is 0 Å². The Bertz CT molecular complexity index is 375. The third-order valence-corrected chi connectivity index (χ3v) is 3.04. The van der Waals surface area contributed by atoms with Crippen molar-refractivity contribution >= 4 is 5.69 Å². The highest BCUT2D eigenvalue weighted by Gasteiger charge is 2.42. The quantitative estimate of drug-likeness (QED) is 0.539. The lowest BCUT2D eigenvalue weighted by Crippen LogP contribution is -2.57. The monoisotopic (exact) mass is 223 g/mol. The van der Waals surface area contributed by atoms with Crippen LogP contribution in [0.1, 0.15) is 5.56 Å². The Hall–Kier alpha value is -1.10. The smallest absolute Gasteiger partial charge is 0.243 e. The maximum atomic E-state index is 10.5. The molecule has 4 heteroatoms. The van der Waals surface area contributed by atoms with Crippen LogP contribution in [0, 0.1) is 0 Å². The maximum absolute atomic E-state index is 10.5. The Labute approximate surface area is 95.8 Å². The van der Waals surface area contributed by atoms with Crippen molar-refractivity contribution in [1.82, 2.24) is 0 Å². The number of nitrogens with zero attached hydrogens (tertiary/aromatic N) is 1. The molecule has 1 aliphatic rings. The predicted molar refractivity (Wildman–Crippen MR) is 62.5 cm³/mol. The van der Waals surface area contributed by atoms with Gasteiger partial charge in [-0.25, -0.2) is 0 Å². The number of rotatable bonds is 1. The Morgan fingerprint density at radius 1 is 1.31 bits per heavy atom. The van der Waals surface area contributed by atoms with Crippen LogP contribution < -0.4 is 5.73 Å². The Kier molecular flexibility index (Phi) is 2.66. The molecule has 1 atom stereocenters. The highest BCUT2D eigenvalue weighted by molar-refractivity contribution is 5.40. The van der Waals surface area contributed by atoms with Crippen LogP contribution in [0.25, 0.3) is 0 Å². The van der Waals surface area contributed by atoms with E-state index in [0.717, 1.165) is 16.6 Å². The van der Waals surface area contributed by atoms with Gasteiger partial charge in [-0.3, -0.25) is 0 Å². The molecule has 1 aliphatic heterocycles. The third kappa shape index (κ3) is 2.19. The molecule has 0 radical (unpaired) electrons. The number of benzene rings is 1. The Morgan fingerprint density at radius 2 is 1.94 bits per heavy atom. The van der Waals surface area contributed by atoms with Crippen molar-refractivity contribution in [2.24, 2.45) is 0 Å². The topological polar surface area (TPSA) is 55.5 Å². The van der Waals surface area contributed by atoms with Gasteiger partial charge in [-0.1, -0.05) is 12.1 Å². The molecule has 4 nitrogen and oxygen atoms in total. The average Bonchev–Trinajstić information content (AvgIpc) is 2.16. The van der Waals surface area contributed by atoms with Crippen LogP contribution in [0.3, 0.4) is 0 Å². The Morgan fingerprint density at radius 3 is 2.50 bits per heavy atom. The molecule has 2 rings (SSSR count). The molecule has 0 spiro atoms. The SMILES string of the molecule is C[N+]1(C)CCOC(O)(c2ccc(N)cc2)C1. The van der Waals surface area contributed by atoms with Crippen molar-refractivity contribution in [3.05, 3.63) is 29.8 Å². The van der Waals surface area contributed by atoms with Crippen molar-refractivity contribution < 1.29 is 14.3 Å². The minimum Gasteiger partial charge on any atom is -0.399 e. The first kappa shape index (κ1) is 11.4. The molecule has 1 heterocycles. The first-order chi connectivity index (χ1) is 7.41. The van der Waals surface area contributed by atoms with E-state index in [1.165, 1.54) is 0 Å². The highest BCUT2D eigenvalue weighted by Crippen LogP contribution is 2.29. The summed E-state index contributed by atoms with van der Waals surface area (Å²) in [6.07, 6.45) is 0. The van der Waals surface area contributed by atoms with Gasteiger partial charge in [0, 0.05) is 11.3 Å². The van der Waals surface area contributed by atoms with Crippen molar-refractivity contribution in [2.45, 2.75) is 5.79 Å². The van der Waals surface area contributed by atoms with E-state index >= 15 is 0 Å². The average molecular weight is 223 g/mol. The predicted octanol–water partition coefficient (Wildman–Crippen LogP) is 0.520. The van der Waals surface area contributed by atoms with Crippen LogP contribution in [-0.2, 0) is 10.5 Å². The van der Waals surface area contributed by atoms with E-state index in [-0.39, 0.29) is 0 Å². The molecule has 0 bridgehead atoms. The van der Waals surface area contributed by atoms with Gasteiger partial charge in [0.05, 0.1) is 20.7 Å². The molecule has 88 valence electrons. The van der Waals surface area contributed by atoms with E-state index in [4.69, 9.17) is 10.5 Å². The van der Waals surface area contributed by atoms with Gasteiger partial charge in [-0.2, -0.15) is 0 Å². The van der Waals surface area contributed by atoms with Gasteiger partial charge in [-0.05, 0) is 12.1 Å². The number of aliphatic hydroxyl groups is 1.